The Bertz CT molecular complexity index is 1110. The molecule has 1 unspecified atom stereocenters. The molecule has 2 aliphatic heterocycles. The Labute approximate surface area is 193 Å². The number of benzene rings is 1. The van der Waals surface area contributed by atoms with Crippen molar-refractivity contribution >= 4 is 21.5 Å². The Morgan fingerprint density at radius 1 is 1.15 bits per heavy atom. The first kappa shape index (κ1) is 23.8. The van der Waals surface area contributed by atoms with E-state index in [1.165, 1.54) is 16.4 Å². The van der Waals surface area contributed by atoms with Crippen molar-refractivity contribution in [3.63, 3.8) is 0 Å². The molecule has 0 radical (unpaired) electrons. The summed E-state index contributed by atoms with van der Waals surface area (Å²) < 4.78 is 43.2. The lowest BCUT2D eigenvalue weighted by Crippen LogP contribution is -2.63. The molecule has 1 aliphatic carbocycles. The predicted octanol–water partition coefficient (Wildman–Crippen LogP) is 1.58. The zero-order chi connectivity index (χ0) is 23.6. The number of amides is 1. The first-order valence-corrected chi connectivity index (χ1v) is 12.4. The number of piperazine rings is 1. The van der Waals surface area contributed by atoms with Crippen molar-refractivity contribution in [1.82, 2.24) is 19.6 Å². The summed E-state index contributed by atoms with van der Waals surface area (Å²) in [6, 6.07) is 6.26. The summed E-state index contributed by atoms with van der Waals surface area (Å²) in [5, 5.41) is 8.86. The first-order valence-electron chi connectivity index (χ1n) is 11.0. The molecular weight excluding hydrogens is 447 g/mol. The average Bonchev–Trinajstić information content (AvgIpc) is 2.84. The van der Waals surface area contributed by atoms with Crippen LogP contribution >= 0.6 is 0 Å². The van der Waals surface area contributed by atoms with Gasteiger partial charge in [0, 0.05) is 51.3 Å². The van der Waals surface area contributed by atoms with Crippen LogP contribution in [0.4, 0.5) is 4.39 Å². The van der Waals surface area contributed by atoms with Crippen LogP contribution in [0.1, 0.15) is 18.4 Å². The van der Waals surface area contributed by atoms with Crippen LogP contribution in [0, 0.1) is 5.82 Å². The molecule has 1 fully saturated rings. The highest BCUT2D eigenvalue weighted by Crippen LogP contribution is 2.38. The SMILES string of the molecule is CN1CCN(C2(S(=O)(=O)N3CC=C(C(=O)NO)CC3)C=CC(c3cccc(F)c3)=CC2)CC1. The molecule has 10 heteroatoms. The van der Waals surface area contributed by atoms with Crippen LogP contribution in [0.3, 0.4) is 0 Å². The molecule has 0 bridgehead atoms. The number of carbonyl (C=O) groups excluding carboxylic acids is 1. The average molecular weight is 477 g/mol. The van der Waals surface area contributed by atoms with Crippen molar-refractivity contribution in [2.45, 2.75) is 17.7 Å². The quantitative estimate of drug-likeness (QED) is 0.495. The zero-order valence-electron chi connectivity index (χ0n) is 18.6. The van der Waals surface area contributed by atoms with Gasteiger partial charge in [-0.25, -0.2) is 18.3 Å². The Morgan fingerprint density at radius 2 is 1.91 bits per heavy atom. The number of likely N-dealkylation sites (N-methyl/N-ethyl adjacent to an activating group) is 1. The molecule has 0 saturated carbocycles. The van der Waals surface area contributed by atoms with Gasteiger partial charge in [-0.15, -0.1) is 0 Å². The number of hydrogen-bond acceptors (Lipinski definition) is 6. The van der Waals surface area contributed by atoms with Crippen LogP contribution in [0.5, 0.6) is 0 Å². The number of hydrogen-bond donors (Lipinski definition) is 2. The molecule has 0 aromatic heterocycles. The van der Waals surface area contributed by atoms with Crippen molar-refractivity contribution < 1.29 is 22.8 Å². The van der Waals surface area contributed by atoms with E-state index in [4.69, 9.17) is 5.21 Å². The molecule has 8 nitrogen and oxygen atoms in total. The third kappa shape index (κ3) is 4.53. The van der Waals surface area contributed by atoms with Crippen LogP contribution in [0.15, 0.2) is 54.1 Å². The number of halogens is 1. The molecule has 3 aliphatic rings. The van der Waals surface area contributed by atoms with Crippen LogP contribution in [-0.4, -0.2) is 84.8 Å². The summed E-state index contributed by atoms with van der Waals surface area (Å²) in [6.07, 6.45) is 7.40. The number of carbonyl (C=O) groups is 1. The van der Waals surface area contributed by atoms with Crippen molar-refractivity contribution in [2.24, 2.45) is 0 Å². The molecule has 33 heavy (non-hydrogen) atoms. The van der Waals surface area contributed by atoms with Gasteiger partial charge in [-0.05, 0) is 42.8 Å². The Kier molecular flexibility index (Phi) is 6.83. The van der Waals surface area contributed by atoms with Gasteiger partial charge in [-0.2, -0.15) is 4.31 Å². The van der Waals surface area contributed by atoms with Gasteiger partial charge in [0.05, 0.1) is 0 Å². The number of nitrogens with one attached hydrogen (secondary N) is 1. The molecule has 178 valence electrons. The van der Waals surface area contributed by atoms with E-state index in [0.29, 0.717) is 24.2 Å². The lowest BCUT2D eigenvalue weighted by atomic mass is 9.95. The van der Waals surface area contributed by atoms with E-state index in [-0.39, 0.29) is 31.7 Å². The molecule has 1 atom stereocenters. The lowest BCUT2D eigenvalue weighted by Gasteiger charge is -2.47. The number of nitrogens with zero attached hydrogens (tertiary/aromatic N) is 3. The Morgan fingerprint density at radius 3 is 2.48 bits per heavy atom. The molecule has 0 spiro atoms. The maximum atomic E-state index is 14.0. The lowest BCUT2D eigenvalue weighted by molar-refractivity contribution is -0.125. The molecular formula is C23H29FN4O4S. The normalized spacial score (nSPS) is 25.4. The minimum absolute atomic E-state index is 0.0644. The van der Waals surface area contributed by atoms with E-state index in [1.807, 2.05) is 18.0 Å². The molecule has 4 rings (SSSR count). The molecule has 2 heterocycles. The molecule has 2 N–H and O–H groups in total. The van der Waals surface area contributed by atoms with Gasteiger partial charge < -0.3 is 4.90 Å². The fourth-order valence-electron chi connectivity index (χ4n) is 4.64. The largest absolute Gasteiger partial charge is 0.304 e. The summed E-state index contributed by atoms with van der Waals surface area (Å²) in [5.41, 5.74) is 3.46. The first-order chi connectivity index (χ1) is 15.8. The zero-order valence-corrected chi connectivity index (χ0v) is 19.4. The smallest absolute Gasteiger partial charge is 0.270 e. The topological polar surface area (TPSA) is 93.2 Å². The van der Waals surface area contributed by atoms with Crippen LogP contribution < -0.4 is 5.48 Å². The Hall–Kier alpha value is -2.37. The highest BCUT2D eigenvalue weighted by Gasteiger charge is 2.50. The van der Waals surface area contributed by atoms with Crippen LogP contribution in [-0.2, 0) is 14.8 Å². The molecule has 1 amide bonds. The van der Waals surface area contributed by atoms with E-state index < -0.39 is 20.8 Å². The van der Waals surface area contributed by atoms with Gasteiger partial charge in [0.2, 0.25) is 10.0 Å². The maximum absolute atomic E-state index is 14.0. The van der Waals surface area contributed by atoms with E-state index in [0.717, 1.165) is 18.7 Å². The number of rotatable bonds is 5. The van der Waals surface area contributed by atoms with Crippen molar-refractivity contribution in [1.29, 1.82) is 0 Å². The molecule has 1 aromatic rings. The third-order valence-electron chi connectivity index (χ3n) is 6.69. The van der Waals surface area contributed by atoms with E-state index >= 15 is 0 Å². The van der Waals surface area contributed by atoms with Gasteiger partial charge in [0.1, 0.15) is 5.82 Å². The van der Waals surface area contributed by atoms with Gasteiger partial charge in [-0.1, -0.05) is 30.4 Å². The molecule has 1 aromatic carbocycles. The minimum Gasteiger partial charge on any atom is -0.304 e. The summed E-state index contributed by atoms with van der Waals surface area (Å²) in [7, 11) is -1.82. The number of sulfonamides is 1. The van der Waals surface area contributed by atoms with E-state index in [9.17, 15) is 17.6 Å². The minimum atomic E-state index is -3.84. The summed E-state index contributed by atoms with van der Waals surface area (Å²) in [4.78, 5) is 14.6. The monoisotopic (exact) mass is 476 g/mol. The fourth-order valence-corrected chi connectivity index (χ4v) is 6.73. The van der Waals surface area contributed by atoms with E-state index in [1.54, 1.807) is 35.8 Å². The maximum Gasteiger partial charge on any atom is 0.270 e. The van der Waals surface area contributed by atoms with Crippen LogP contribution in [0.25, 0.3) is 5.57 Å². The highest BCUT2D eigenvalue weighted by atomic mass is 32.2. The summed E-state index contributed by atoms with van der Waals surface area (Å²) >= 11 is 0. The second-order valence-electron chi connectivity index (χ2n) is 8.63. The third-order valence-corrected chi connectivity index (χ3v) is 9.15. The van der Waals surface area contributed by atoms with Gasteiger partial charge in [0.25, 0.3) is 5.91 Å². The van der Waals surface area contributed by atoms with Gasteiger partial charge in [-0.3, -0.25) is 14.9 Å². The van der Waals surface area contributed by atoms with Crippen molar-refractivity contribution in [3.05, 3.63) is 65.5 Å². The van der Waals surface area contributed by atoms with E-state index in [2.05, 4.69) is 4.90 Å². The fraction of sp³-hybridized carbons (Fsp3) is 0.435. The number of allylic oxidation sites excluding steroid dienone is 2. The number of hydroxylamine groups is 1. The summed E-state index contributed by atoms with van der Waals surface area (Å²) in [5.74, 6) is -0.950. The standard InChI is InChI=1S/C23H29FN4O4S/c1-26-13-15-27(16-14-26)23(9-5-18(6-10-23)20-3-2-4-21(24)17-20)33(31,32)28-11-7-19(8-12-28)22(29)25-30/h2-7,9,17,30H,8,10-16H2,1H3,(H,25,29). The van der Waals surface area contributed by atoms with Gasteiger partial charge in [0.15, 0.2) is 4.87 Å². The molecule has 1 saturated heterocycles. The Balaban J connectivity index is 1.66. The second kappa shape index (κ2) is 9.47. The summed E-state index contributed by atoms with van der Waals surface area (Å²) in [6.45, 7) is 2.94. The van der Waals surface area contributed by atoms with Crippen LogP contribution in [0.2, 0.25) is 0 Å². The predicted molar refractivity (Wildman–Crippen MR) is 123 cm³/mol. The van der Waals surface area contributed by atoms with Crippen molar-refractivity contribution in [3.8, 4) is 0 Å². The van der Waals surface area contributed by atoms with Crippen molar-refractivity contribution in [2.75, 3.05) is 46.3 Å². The highest BCUT2D eigenvalue weighted by molar-refractivity contribution is 7.90. The second-order valence-corrected chi connectivity index (χ2v) is 10.8. The van der Waals surface area contributed by atoms with Gasteiger partial charge >= 0.3 is 0 Å².